The van der Waals surface area contributed by atoms with Gasteiger partial charge in [0.05, 0.1) is 6.04 Å². The Morgan fingerprint density at radius 3 is 2.54 bits per heavy atom. The van der Waals surface area contributed by atoms with Crippen LogP contribution in [0.2, 0.25) is 0 Å². The largest absolute Gasteiger partial charge is 0.508 e. The molecular weight excluding hydrogens is 302 g/mol. The summed E-state index contributed by atoms with van der Waals surface area (Å²) in [6.45, 7) is 8.22. The van der Waals surface area contributed by atoms with E-state index >= 15 is 0 Å². The molecule has 1 N–H and O–H groups in total. The second-order valence-electron chi connectivity index (χ2n) is 6.83. The van der Waals surface area contributed by atoms with Crippen LogP contribution in [0, 0.1) is 5.92 Å². The lowest BCUT2D eigenvalue weighted by Gasteiger charge is -2.30. The van der Waals surface area contributed by atoms with Gasteiger partial charge in [-0.05, 0) is 42.5 Å². The van der Waals surface area contributed by atoms with Gasteiger partial charge in [-0.15, -0.1) is 10.2 Å². The standard InChI is InChI=1S/C19H25N3O2/c1-13(2)12-18-20-21-19(24-18)14(3)22-10-8-16(9-11-22)15-4-6-17(23)7-5-15/h4-8,13-14,23H,9-12H2,1-3H3. The minimum absolute atomic E-state index is 0.121. The predicted octanol–water partition coefficient (Wildman–Crippen LogP) is 3.82. The van der Waals surface area contributed by atoms with Crippen molar-refractivity contribution in [1.82, 2.24) is 15.1 Å². The maximum absolute atomic E-state index is 9.40. The van der Waals surface area contributed by atoms with E-state index in [2.05, 4.69) is 41.9 Å². The smallest absolute Gasteiger partial charge is 0.233 e. The molecule has 1 aromatic heterocycles. The van der Waals surface area contributed by atoms with E-state index in [9.17, 15) is 5.11 Å². The molecule has 5 nitrogen and oxygen atoms in total. The molecule has 1 aromatic carbocycles. The molecule has 0 amide bonds. The van der Waals surface area contributed by atoms with E-state index in [1.165, 1.54) is 11.1 Å². The van der Waals surface area contributed by atoms with Crippen LogP contribution >= 0.6 is 0 Å². The molecular formula is C19H25N3O2. The van der Waals surface area contributed by atoms with Crippen LogP contribution in [0.3, 0.4) is 0 Å². The third kappa shape index (κ3) is 3.85. The van der Waals surface area contributed by atoms with Crippen LogP contribution in [-0.4, -0.2) is 33.3 Å². The topological polar surface area (TPSA) is 62.4 Å². The van der Waals surface area contributed by atoms with Crippen molar-refractivity contribution in [3.05, 3.63) is 47.7 Å². The highest BCUT2D eigenvalue weighted by molar-refractivity contribution is 5.67. The van der Waals surface area contributed by atoms with Gasteiger partial charge in [-0.3, -0.25) is 4.90 Å². The SMILES string of the molecule is CC(C)Cc1nnc(C(C)N2CC=C(c3ccc(O)cc3)CC2)o1. The fourth-order valence-electron chi connectivity index (χ4n) is 3.00. The molecule has 24 heavy (non-hydrogen) atoms. The van der Waals surface area contributed by atoms with Gasteiger partial charge in [0.15, 0.2) is 0 Å². The molecule has 0 aliphatic carbocycles. The van der Waals surface area contributed by atoms with Crippen molar-refractivity contribution < 1.29 is 9.52 Å². The highest BCUT2D eigenvalue weighted by Crippen LogP contribution is 2.28. The maximum Gasteiger partial charge on any atom is 0.233 e. The first kappa shape index (κ1) is 16.7. The average molecular weight is 327 g/mol. The Morgan fingerprint density at radius 1 is 1.17 bits per heavy atom. The monoisotopic (exact) mass is 327 g/mol. The third-order valence-corrected chi connectivity index (χ3v) is 4.45. The Bertz CT molecular complexity index is 704. The van der Waals surface area contributed by atoms with Gasteiger partial charge >= 0.3 is 0 Å². The number of aromatic hydroxyl groups is 1. The van der Waals surface area contributed by atoms with E-state index in [1.807, 2.05) is 12.1 Å². The molecule has 0 saturated heterocycles. The zero-order valence-electron chi connectivity index (χ0n) is 14.6. The van der Waals surface area contributed by atoms with Gasteiger partial charge in [0, 0.05) is 19.5 Å². The summed E-state index contributed by atoms with van der Waals surface area (Å²) in [6.07, 6.45) is 4.05. The first-order valence-corrected chi connectivity index (χ1v) is 8.57. The van der Waals surface area contributed by atoms with Crippen molar-refractivity contribution in [3.8, 4) is 5.75 Å². The molecule has 1 aliphatic heterocycles. The van der Waals surface area contributed by atoms with Gasteiger partial charge in [-0.1, -0.05) is 32.1 Å². The summed E-state index contributed by atoms with van der Waals surface area (Å²) < 4.78 is 5.82. The average Bonchev–Trinajstić information content (AvgIpc) is 3.03. The number of aromatic nitrogens is 2. The number of hydrogen-bond acceptors (Lipinski definition) is 5. The second kappa shape index (κ2) is 7.18. The third-order valence-electron chi connectivity index (χ3n) is 4.45. The van der Waals surface area contributed by atoms with E-state index in [4.69, 9.17) is 4.42 Å². The van der Waals surface area contributed by atoms with Crippen molar-refractivity contribution >= 4 is 5.57 Å². The van der Waals surface area contributed by atoms with E-state index in [0.717, 1.165) is 31.8 Å². The van der Waals surface area contributed by atoms with Crippen LogP contribution in [0.4, 0.5) is 0 Å². The fraction of sp³-hybridized carbons (Fsp3) is 0.474. The van der Waals surface area contributed by atoms with Crippen LogP contribution < -0.4 is 0 Å². The molecule has 3 rings (SSSR count). The lowest BCUT2D eigenvalue weighted by Crippen LogP contribution is -2.31. The number of phenols is 1. The first-order chi connectivity index (χ1) is 11.5. The molecule has 0 radical (unpaired) electrons. The number of hydrogen-bond donors (Lipinski definition) is 1. The molecule has 1 unspecified atom stereocenters. The molecule has 128 valence electrons. The number of benzene rings is 1. The number of phenolic OH excluding ortho intramolecular Hbond substituents is 1. The highest BCUT2D eigenvalue weighted by Gasteiger charge is 2.23. The van der Waals surface area contributed by atoms with Crippen molar-refractivity contribution in [2.75, 3.05) is 13.1 Å². The van der Waals surface area contributed by atoms with E-state index in [0.29, 0.717) is 17.6 Å². The van der Waals surface area contributed by atoms with Gasteiger partial charge in [-0.25, -0.2) is 0 Å². The number of nitrogens with zero attached hydrogens (tertiary/aromatic N) is 3. The summed E-state index contributed by atoms with van der Waals surface area (Å²) in [5.41, 5.74) is 2.50. The van der Waals surface area contributed by atoms with Crippen LogP contribution in [0.5, 0.6) is 5.75 Å². The van der Waals surface area contributed by atoms with Crippen molar-refractivity contribution in [2.45, 2.75) is 39.7 Å². The van der Waals surface area contributed by atoms with Crippen molar-refractivity contribution in [1.29, 1.82) is 0 Å². The maximum atomic E-state index is 9.40. The van der Waals surface area contributed by atoms with Gasteiger partial charge < -0.3 is 9.52 Å². The quantitative estimate of drug-likeness (QED) is 0.904. The highest BCUT2D eigenvalue weighted by atomic mass is 16.4. The Kier molecular flexibility index (Phi) is 5.00. The Morgan fingerprint density at radius 2 is 1.92 bits per heavy atom. The zero-order valence-corrected chi connectivity index (χ0v) is 14.6. The lowest BCUT2D eigenvalue weighted by atomic mass is 9.98. The Labute approximate surface area is 143 Å². The van der Waals surface area contributed by atoms with Crippen molar-refractivity contribution in [2.24, 2.45) is 5.92 Å². The van der Waals surface area contributed by atoms with Gasteiger partial charge in [0.2, 0.25) is 11.8 Å². The second-order valence-corrected chi connectivity index (χ2v) is 6.83. The summed E-state index contributed by atoms with van der Waals surface area (Å²) in [4.78, 5) is 2.34. The normalized spacial score (nSPS) is 17.1. The van der Waals surface area contributed by atoms with Crippen LogP contribution in [0.1, 0.15) is 50.6 Å². The molecule has 0 saturated carbocycles. The van der Waals surface area contributed by atoms with Crippen LogP contribution in [-0.2, 0) is 6.42 Å². The van der Waals surface area contributed by atoms with Gasteiger partial charge in [0.1, 0.15) is 5.75 Å². The first-order valence-electron chi connectivity index (χ1n) is 8.57. The summed E-state index contributed by atoms with van der Waals surface area (Å²) >= 11 is 0. The molecule has 2 heterocycles. The summed E-state index contributed by atoms with van der Waals surface area (Å²) in [5, 5.41) is 17.8. The summed E-state index contributed by atoms with van der Waals surface area (Å²) in [5.74, 6) is 2.25. The van der Waals surface area contributed by atoms with E-state index in [-0.39, 0.29) is 6.04 Å². The van der Waals surface area contributed by atoms with Gasteiger partial charge in [-0.2, -0.15) is 0 Å². The lowest BCUT2D eigenvalue weighted by molar-refractivity contribution is 0.198. The molecule has 0 bridgehead atoms. The fourth-order valence-corrected chi connectivity index (χ4v) is 3.00. The molecule has 2 aromatic rings. The molecule has 1 atom stereocenters. The number of rotatable bonds is 5. The van der Waals surface area contributed by atoms with Crippen LogP contribution in [0.15, 0.2) is 34.8 Å². The summed E-state index contributed by atoms with van der Waals surface area (Å²) in [6, 6.07) is 7.53. The van der Waals surface area contributed by atoms with E-state index in [1.54, 1.807) is 12.1 Å². The predicted molar refractivity (Wildman–Crippen MR) is 93.5 cm³/mol. The Balaban J connectivity index is 1.65. The molecule has 5 heteroatoms. The van der Waals surface area contributed by atoms with Crippen LogP contribution in [0.25, 0.3) is 5.57 Å². The van der Waals surface area contributed by atoms with E-state index < -0.39 is 0 Å². The van der Waals surface area contributed by atoms with Gasteiger partial charge in [0.25, 0.3) is 0 Å². The minimum Gasteiger partial charge on any atom is -0.508 e. The zero-order chi connectivity index (χ0) is 17.1. The summed E-state index contributed by atoms with van der Waals surface area (Å²) in [7, 11) is 0. The van der Waals surface area contributed by atoms with Crippen molar-refractivity contribution in [3.63, 3.8) is 0 Å². The minimum atomic E-state index is 0.121. The molecule has 1 aliphatic rings. The Hall–Kier alpha value is -2.14. The molecule has 0 spiro atoms. The molecule has 0 fully saturated rings.